The highest BCUT2D eigenvalue weighted by Gasteiger charge is 2.19. The molecule has 0 unspecified atom stereocenters. The smallest absolute Gasteiger partial charge is 0.129 e. The van der Waals surface area contributed by atoms with E-state index in [1.807, 2.05) is 12.1 Å². The predicted octanol–water partition coefficient (Wildman–Crippen LogP) is 3.51. The number of nitrogens with zero attached hydrogens (tertiary/aromatic N) is 1. The third-order valence-corrected chi connectivity index (χ3v) is 4.29. The molecule has 106 valence electrons. The van der Waals surface area contributed by atoms with Gasteiger partial charge in [0.15, 0.2) is 0 Å². The van der Waals surface area contributed by atoms with Crippen molar-refractivity contribution in [2.75, 3.05) is 11.9 Å². The first-order chi connectivity index (χ1) is 9.72. The van der Waals surface area contributed by atoms with Gasteiger partial charge in [0.25, 0.3) is 0 Å². The van der Waals surface area contributed by atoms with Crippen LogP contribution in [0.25, 0.3) is 10.9 Å². The van der Waals surface area contributed by atoms with Crippen molar-refractivity contribution in [3.63, 3.8) is 0 Å². The molecule has 2 aromatic rings. The summed E-state index contributed by atoms with van der Waals surface area (Å²) in [4.78, 5) is 4.71. The SMILES string of the molecule is Cc1cc2ccccc2nc1NCC1CCC(O)CC1. The van der Waals surface area contributed by atoms with Crippen molar-refractivity contribution in [1.82, 2.24) is 4.98 Å². The second-order valence-electron chi connectivity index (χ2n) is 5.90. The van der Waals surface area contributed by atoms with Crippen LogP contribution in [0.1, 0.15) is 31.2 Å². The Labute approximate surface area is 120 Å². The summed E-state index contributed by atoms with van der Waals surface area (Å²) in [5.74, 6) is 1.65. The third-order valence-electron chi connectivity index (χ3n) is 4.29. The van der Waals surface area contributed by atoms with Gasteiger partial charge in [-0.25, -0.2) is 4.98 Å². The number of aliphatic hydroxyl groups is 1. The summed E-state index contributed by atoms with van der Waals surface area (Å²) in [6.07, 6.45) is 4.03. The van der Waals surface area contributed by atoms with Crippen molar-refractivity contribution in [3.05, 3.63) is 35.9 Å². The topological polar surface area (TPSA) is 45.2 Å². The van der Waals surface area contributed by atoms with E-state index in [1.54, 1.807) is 0 Å². The largest absolute Gasteiger partial charge is 0.393 e. The molecule has 20 heavy (non-hydrogen) atoms. The number of anilines is 1. The summed E-state index contributed by atoms with van der Waals surface area (Å²) in [6, 6.07) is 10.4. The van der Waals surface area contributed by atoms with Crippen molar-refractivity contribution in [1.29, 1.82) is 0 Å². The zero-order chi connectivity index (χ0) is 13.9. The number of hydrogen-bond acceptors (Lipinski definition) is 3. The highest BCUT2D eigenvalue weighted by Crippen LogP contribution is 2.25. The first-order valence-corrected chi connectivity index (χ1v) is 7.50. The fraction of sp³-hybridized carbons (Fsp3) is 0.471. The minimum Gasteiger partial charge on any atom is -0.393 e. The maximum Gasteiger partial charge on any atom is 0.129 e. The average Bonchev–Trinajstić information content (AvgIpc) is 2.47. The van der Waals surface area contributed by atoms with Gasteiger partial charge in [-0.3, -0.25) is 0 Å². The molecule has 1 fully saturated rings. The molecule has 1 heterocycles. The monoisotopic (exact) mass is 270 g/mol. The fourth-order valence-electron chi connectivity index (χ4n) is 2.99. The molecule has 1 saturated carbocycles. The lowest BCUT2D eigenvalue weighted by Crippen LogP contribution is -2.24. The molecule has 1 aromatic carbocycles. The Morgan fingerprint density at radius 3 is 2.75 bits per heavy atom. The number of fused-ring (bicyclic) bond motifs is 1. The number of pyridine rings is 1. The number of aryl methyl sites for hydroxylation is 1. The molecule has 0 amide bonds. The van der Waals surface area contributed by atoms with Crippen molar-refractivity contribution in [3.8, 4) is 0 Å². The molecule has 0 radical (unpaired) electrons. The lowest BCUT2D eigenvalue weighted by Gasteiger charge is -2.25. The van der Waals surface area contributed by atoms with Crippen LogP contribution in [-0.4, -0.2) is 22.7 Å². The van der Waals surface area contributed by atoms with Gasteiger partial charge in [0.2, 0.25) is 0 Å². The Morgan fingerprint density at radius 2 is 1.95 bits per heavy atom. The van der Waals surface area contributed by atoms with Crippen molar-refractivity contribution in [2.24, 2.45) is 5.92 Å². The van der Waals surface area contributed by atoms with Gasteiger partial charge >= 0.3 is 0 Å². The van der Waals surface area contributed by atoms with E-state index in [-0.39, 0.29) is 6.10 Å². The fourth-order valence-corrected chi connectivity index (χ4v) is 2.99. The number of aliphatic hydroxyl groups excluding tert-OH is 1. The van der Waals surface area contributed by atoms with E-state index >= 15 is 0 Å². The molecule has 3 rings (SSSR count). The first kappa shape index (κ1) is 13.4. The van der Waals surface area contributed by atoms with Gasteiger partial charge in [-0.2, -0.15) is 0 Å². The number of hydrogen-bond donors (Lipinski definition) is 2. The molecule has 0 atom stereocenters. The molecule has 2 N–H and O–H groups in total. The highest BCUT2D eigenvalue weighted by molar-refractivity contribution is 5.81. The molecule has 3 heteroatoms. The number of rotatable bonds is 3. The lowest BCUT2D eigenvalue weighted by atomic mass is 9.87. The average molecular weight is 270 g/mol. The van der Waals surface area contributed by atoms with E-state index in [2.05, 4.69) is 30.4 Å². The summed E-state index contributed by atoms with van der Waals surface area (Å²) in [7, 11) is 0. The summed E-state index contributed by atoms with van der Waals surface area (Å²) >= 11 is 0. The maximum atomic E-state index is 9.54. The van der Waals surface area contributed by atoms with E-state index < -0.39 is 0 Å². The number of benzene rings is 1. The minimum atomic E-state index is -0.0771. The highest BCUT2D eigenvalue weighted by atomic mass is 16.3. The van der Waals surface area contributed by atoms with E-state index in [0.29, 0.717) is 5.92 Å². The predicted molar refractivity (Wildman–Crippen MR) is 82.9 cm³/mol. The Balaban J connectivity index is 1.69. The second-order valence-corrected chi connectivity index (χ2v) is 5.90. The Kier molecular flexibility index (Phi) is 3.88. The molecular weight excluding hydrogens is 248 g/mol. The van der Waals surface area contributed by atoms with Gasteiger partial charge < -0.3 is 10.4 Å². The zero-order valence-corrected chi connectivity index (χ0v) is 12.0. The van der Waals surface area contributed by atoms with Gasteiger partial charge in [-0.05, 0) is 56.2 Å². The van der Waals surface area contributed by atoms with Crippen LogP contribution in [0.3, 0.4) is 0 Å². The molecule has 1 aliphatic carbocycles. The van der Waals surface area contributed by atoms with Crippen LogP contribution in [0.5, 0.6) is 0 Å². The van der Waals surface area contributed by atoms with Gasteiger partial charge in [0, 0.05) is 11.9 Å². The van der Waals surface area contributed by atoms with E-state index in [1.165, 1.54) is 10.9 Å². The molecule has 1 aromatic heterocycles. The molecule has 1 aliphatic rings. The van der Waals surface area contributed by atoms with Gasteiger partial charge in [-0.1, -0.05) is 18.2 Å². The molecule has 3 nitrogen and oxygen atoms in total. The van der Waals surface area contributed by atoms with Crippen LogP contribution in [0, 0.1) is 12.8 Å². The van der Waals surface area contributed by atoms with Gasteiger partial charge in [0.1, 0.15) is 5.82 Å². The zero-order valence-electron chi connectivity index (χ0n) is 12.0. The second kappa shape index (κ2) is 5.80. The Morgan fingerprint density at radius 1 is 1.20 bits per heavy atom. The van der Waals surface area contributed by atoms with E-state index in [0.717, 1.165) is 43.6 Å². The van der Waals surface area contributed by atoms with Gasteiger partial charge in [0.05, 0.1) is 11.6 Å². The maximum absolute atomic E-state index is 9.54. The summed E-state index contributed by atoms with van der Waals surface area (Å²) in [5, 5.41) is 14.2. The van der Waals surface area contributed by atoms with Crippen LogP contribution in [0.2, 0.25) is 0 Å². The standard InChI is InChI=1S/C17H22N2O/c1-12-10-14-4-2-3-5-16(14)19-17(12)18-11-13-6-8-15(20)9-7-13/h2-5,10,13,15,20H,6-9,11H2,1H3,(H,18,19). The van der Waals surface area contributed by atoms with Crippen molar-refractivity contribution < 1.29 is 5.11 Å². The van der Waals surface area contributed by atoms with Crippen molar-refractivity contribution >= 4 is 16.7 Å². The van der Waals surface area contributed by atoms with Crippen LogP contribution in [-0.2, 0) is 0 Å². The number of aromatic nitrogens is 1. The Bertz CT molecular complexity index is 589. The number of nitrogens with one attached hydrogen (secondary N) is 1. The van der Waals surface area contributed by atoms with Crippen LogP contribution in [0.4, 0.5) is 5.82 Å². The number of para-hydroxylation sites is 1. The summed E-state index contributed by atoms with van der Waals surface area (Å²) in [6.45, 7) is 3.06. The third kappa shape index (κ3) is 2.93. The van der Waals surface area contributed by atoms with E-state index in [4.69, 9.17) is 4.98 Å². The molecule has 0 bridgehead atoms. The van der Waals surface area contributed by atoms with Crippen LogP contribution < -0.4 is 5.32 Å². The lowest BCUT2D eigenvalue weighted by molar-refractivity contribution is 0.111. The quantitative estimate of drug-likeness (QED) is 0.897. The minimum absolute atomic E-state index is 0.0771. The van der Waals surface area contributed by atoms with Crippen molar-refractivity contribution in [2.45, 2.75) is 38.7 Å². The molecular formula is C17H22N2O. The van der Waals surface area contributed by atoms with E-state index in [9.17, 15) is 5.11 Å². The summed E-state index contributed by atoms with van der Waals surface area (Å²) in [5.41, 5.74) is 2.24. The Hall–Kier alpha value is -1.61. The normalized spacial score (nSPS) is 22.9. The summed E-state index contributed by atoms with van der Waals surface area (Å²) < 4.78 is 0. The van der Waals surface area contributed by atoms with Crippen LogP contribution in [0.15, 0.2) is 30.3 Å². The molecule has 0 spiro atoms. The van der Waals surface area contributed by atoms with Crippen LogP contribution >= 0.6 is 0 Å². The first-order valence-electron chi connectivity index (χ1n) is 7.50. The molecule has 0 aliphatic heterocycles. The molecule has 0 saturated heterocycles. The van der Waals surface area contributed by atoms with Gasteiger partial charge in [-0.15, -0.1) is 0 Å².